The van der Waals surface area contributed by atoms with Crippen LogP contribution >= 0.6 is 0 Å². The van der Waals surface area contributed by atoms with Gasteiger partial charge in [0.25, 0.3) is 0 Å². The lowest BCUT2D eigenvalue weighted by molar-refractivity contribution is -0.130. The summed E-state index contributed by atoms with van der Waals surface area (Å²) in [4.78, 5) is 38.7. The zero-order valence-corrected chi connectivity index (χ0v) is 19.2. The molecule has 174 valence electrons. The first-order chi connectivity index (χ1) is 15.7. The molecular formula is C25H29N3O5. The summed E-state index contributed by atoms with van der Waals surface area (Å²) in [5.41, 5.74) is 2.96. The number of carbonyl (C=O) groups excluding carboxylic acids is 3. The molecule has 33 heavy (non-hydrogen) atoms. The summed E-state index contributed by atoms with van der Waals surface area (Å²) < 4.78 is 4.99. The quantitative estimate of drug-likeness (QED) is 0.520. The lowest BCUT2D eigenvalue weighted by Crippen LogP contribution is -2.53. The van der Waals surface area contributed by atoms with Crippen LogP contribution in [0.15, 0.2) is 36.4 Å². The van der Waals surface area contributed by atoms with Crippen LogP contribution in [0.25, 0.3) is 0 Å². The molecule has 0 bridgehead atoms. The van der Waals surface area contributed by atoms with Crippen LogP contribution in [-0.4, -0.2) is 41.6 Å². The molecular weight excluding hydrogens is 422 g/mol. The van der Waals surface area contributed by atoms with Crippen LogP contribution in [0, 0.1) is 19.8 Å². The van der Waals surface area contributed by atoms with Crippen molar-refractivity contribution in [1.82, 2.24) is 5.32 Å². The maximum absolute atomic E-state index is 13.5. The van der Waals surface area contributed by atoms with E-state index in [1.165, 1.54) is 0 Å². The zero-order valence-electron chi connectivity index (χ0n) is 19.2. The SMILES string of the molecule is CCOC(=O)c1ccc(NC(=O)[C@H]2C[C@H](C(C)O)N[C@]23C(=O)Nc2c(C)cc(C)cc23)cc1. The molecule has 2 aliphatic heterocycles. The number of esters is 1. The van der Waals surface area contributed by atoms with Gasteiger partial charge in [-0.2, -0.15) is 0 Å². The van der Waals surface area contributed by atoms with Gasteiger partial charge in [-0.05, 0) is 63.9 Å². The number of fused-ring (bicyclic) bond motifs is 2. The van der Waals surface area contributed by atoms with Crippen molar-refractivity contribution < 1.29 is 24.2 Å². The van der Waals surface area contributed by atoms with Gasteiger partial charge in [0.15, 0.2) is 0 Å². The van der Waals surface area contributed by atoms with Gasteiger partial charge in [0, 0.05) is 23.0 Å². The number of nitrogens with one attached hydrogen (secondary N) is 3. The van der Waals surface area contributed by atoms with Gasteiger partial charge in [-0.25, -0.2) is 4.79 Å². The molecule has 2 aromatic rings. The molecule has 0 aliphatic carbocycles. The molecule has 2 heterocycles. The fraction of sp³-hybridized carbons (Fsp3) is 0.400. The van der Waals surface area contributed by atoms with Gasteiger partial charge >= 0.3 is 5.97 Å². The summed E-state index contributed by atoms with van der Waals surface area (Å²) in [5, 5.41) is 19.4. The topological polar surface area (TPSA) is 117 Å². The molecule has 1 spiro atoms. The molecule has 0 aromatic heterocycles. The van der Waals surface area contributed by atoms with Crippen molar-refractivity contribution in [1.29, 1.82) is 0 Å². The monoisotopic (exact) mass is 451 g/mol. The predicted molar refractivity (Wildman–Crippen MR) is 124 cm³/mol. The van der Waals surface area contributed by atoms with Gasteiger partial charge in [-0.3, -0.25) is 14.9 Å². The van der Waals surface area contributed by atoms with Crippen LogP contribution in [0.2, 0.25) is 0 Å². The molecule has 4 rings (SSSR count). The Balaban J connectivity index is 1.67. The minimum absolute atomic E-state index is 0.279. The van der Waals surface area contributed by atoms with E-state index in [1.54, 1.807) is 38.1 Å². The van der Waals surface area contributed by atoms with Gasteiger partial charge in [0.05, 0.1) is 24.2 Å². The Morgan fingerprint density at radius 1 is 1.24 bits per heavy atom. The number of carbonyl (C=O) groups is 3. The van der Waals surface area contributed by atoms with Gasteiger partial charge < -0.3 is 20.5 Å². The van der Waals surface area contributed by atoms with Gasteiger partial charge in [0.1, 0.15) is 5.54 Å². The number of aliphatic hydroxyl groups excluding tert-OH is 1. The van der Waals surface area contributed by atoms with Gasteiger partial charge in [-0.1, -0.05) is 17.7 Å². The van der Waals surface area contributed by atoms with E-state index in [4.69, 9.17) is 4.74 Å². The molecule has 4 atom stereocenters. The molecule has 2 amide bonds. The lowest BCUT2D eigenvalue weighted by Gasteiger charge is -2.30. The van der Waals surface area contributed by atoms with Crippen molar-refractivity contribution in [3.63, 3.8) is 0 Å². The maximum Gasteiger partial charge on any atom is 0.338 e. The lowest BCUT2D eigenvalue weighted by atomic mass is 9.78. The van der Waals surface area contributed by atoms with Crippen LogP contribution in [0.5, 0.6) is 0 Å². The van der Waals surface area contributed by atoms with Crippen molar-refractivity contribution in [2.75, 3.05) is 17.2 Å². The Hall–Kier alpha value is -3.23. The minimum Gasteiger partial charge on any atom is -0.462 e. The molecule has 8 nitrogen and oxygen atoms in total. The third-order valence-electron chi connectivity index (χ3n) is 6.49. The van der Waals surface area contributed by atoms with Crippen LogP contribution in [0.1, 0.15) is 47.3 Å². The van der Waals surface area contributed by atoms with E-state index >= 15 is 0 Å². The Morgan fingerprint density at radius 3 is 2.58 bits per heavy atom. The second-order valence-corrected chi connectivity index (χ2v) is 8.83. The van der Waals surface area contributed by atoms with E-state index < -0.39 is 29.6 Å². The number of anilines is 2. The van der Waals surface area contributed by atoms with Crippen molar-refractivity contribution in [2.45, 2.75) is 51.8 Å². The second kappa shape index (κ2) is 8.61. The normalized spacial score (nSPS) is 24.3. The van der Waals surface area contributed by atoms with E-state index in [9.17, 15) is 19.5 Å². The molecule has 1 fully saturated rings. The van der Waals surface area contributed by atoms with Crippen molar-refractivity contribution >= 4 is 29.2 Å². The van der Waals surface area contributed by atoms with E-state index in [1.807, 2.05) is 26.0 Å². The predicted octanol–water partition coefficient (Wildman–Crippen LogP) is 2.63. The van der Waals surface area contributed by atoms with E-state index in [2.05, 4.69) is 16.0 Å². The smallest absolute Gasteiger partial charge is 0.338 e. The third-order valence-corrected chi connectivity index (χ3v) is 6.49. The number of benzene rings is 2. The number of hydrogen-bond acceptors (Lipinski definition) is 6. The summed E-state index contributed by atoms with van der Waals surface area (Å²) in [5.74, 6) is -1.81. The van der Waals surface area contributed by atoms with Gasteiger partial charge in [0.2, 0.25) is 11.8 Å². The highest BCUT2D eigenvalue weighted by molar-refractivity contribution is 6.11. The van der Waals surface area contributed by atoms with E-state index in [0.717, 1.165) is 16.7 Å². The average Bonchev–Trinajstić information content (AvgIpc) is 3.30. The number of hydrogen-bond donors (Lipinski definition) is 4. The zero-order chi connectivity index (χ0) is 23.9. The summed E-state index contributed by atoms with van der Waals surface area (Å²) in [6, 6.07) is 9.90. The van der Waals surface area contributed by atoms with Crippen LogP contribution in [0.4, 0.5) is 11.4 Å². The van der Waals surface area contributed by atoms with Crippen molar-refractivity contribution in [2.24, 2.45) is 5.92 Å². The van der Waals surface area contributed by atoms with Crippen molar-refractivity contribution in [3.05, 3.63) is 58.7 Å². The molecule has 2 aliphatic rings. The Bertz CT molecular complexity index is 1110. The van der Waals surface area contributed by atoms with E-state index in [0.29, 0.717) is 23.4 Å². The van der Waals surface area contributed by atoms with E-state index in [-0.39, 0.29) is 18.4 Å². The largest absolute Gasteiger partial charge is 0.462 e. The fourth-order valence-corrected chi connectivity index (χ4v) is 4.91. The second-order valence-electron chi connectivity index (χ2n) is 8.83. The molecule has 4 N–H and O–H groups in total. The summed E-state index contributed by atoms with van der Waals surface area (Å²) in [6.45, 7) is 7.53. The molecule has 1 unspecified atom stereocenters. The minimum atomic E-state index is -1.28. The molecule has 2 aromatic carbocycles. The Morgan fingerprint density at radius 2 is 1.94 bits per heavy atom. The first-order valence-electron chi connectivity index (χ1n) is 11.1. The van der Waals surface area contributed by atoms with Crippen molar-refractivity contribution in [3.8, 4) is 0 Å². The standard InChI is InChI=1S/C25H29N3O5/c1-5-33-23(31)16-6-8-17(9-7-16)26-22(30)19-12-20(15(4)29)28-25(19)18-11-13(2)10-14(3)21(18)27-24(25)32/h6-11,15,19-20,28-29H,5,12H2,1-4H3,(H,26,30)(H,27,32)/t15?,19-,20-,25+/m1/s1. The fourth-order valence-electron chi connectivity index (χ4n) is 4.91. The molecule has 0 radical (unpaired) electrons. The first-order valence-corrected chi connectivity index (χ1v) is 11.1. The summed E-state index contributed by atoms with van der Waals surface area (Å²) in [7, 11) is 0. The van der Waals surface area contributed by atoms with Gasteiger partial charge in [-0.15, -0.1) is 0 Å². The number of amides is 2. The highest BCUT2D eigenvalue weighted by Gasteiger charge is 2.61. The highest BCUT2D eigenvalue weighted by Crippen LogP contribution is 2.49. The maximum atomic E-state index is 13.5. The number of aryl methyl sites for hydroxylation is 2. The number of rotatable bonds is 5. The highest BCUT2D eigenvalue weighted by atomic mass is 16.5. The molecule has 1 saturated heterocycles. The van der Waals surface area contributed by atoms with Crippen LogP contribution < -0.4 is 16.0 Å². The van der Waals surface area contributed by atoms with Crippen LogP contribution in [-0.2, 0) is 19.9 Å². The molecule has 8 heteroatoms. The third kappa shape index (κ3) is 3.89. The Kier molecular flexibility index (Phi) is 5.99. The van der Waals surface area contributed by atoms with Crippen LogP contribution in [0.3, 0.4) is 0 Å². The number of aliphatic hydroxyl groups is 1. The first kappa shape index (κ1) is 22.9. The molecule has 0 saturated carbocycles. The number of ether oxygens (including phenoxy) is 1. The summed E-state index contributed by atoms with van der Waals surface area (Å²) in [6.07, 6.45) is -0.448. The average molecular weight is 452 g/mol. The Labute approximate surface area is 192 Å². The summed E-state index contributed by atoms with van der Waals surface area (Å²) >= 11 is 0.